The second-order valence-corrected chi connectivity index (χ2v) is 9.14. The van der Waals surface area contributed by atoms with E-state index in [9.17, 15) is 5.11 Å². The largest absolute Gasteiger partial charge is 0.396 e. The molecule has 5 atom stereocenters. The maximum Gasteiger partial charge on any atom is 0.180 e. The highest BCUT2D eigenvalue weighted by molar-refractivity contribution is 5.61. The van der Waals surface area contributed by atoms with Crippen LogP contribution in [0.4, 0.5) is 0 Å². The van der Waals surface area contributed by atoms with Crippen LogP contribution in [-0.4, -0.2) is 22.2 Å². The third-order valence-corrected chi connectivity index (χ3v) is 8.80. The second kappa shape index (κ2) is 4.43. The molecule has 1 spiro atoms. The number of quaternary nitrogens is 1. The van der Waals surface area contributed by atoms with Crippen molar-refractivity contribution in [1.29, 1.82) is 0 Å². The van der Waals surface area contributed by atoms with Gasteiger partial charge in [0.2, 0.25) is 0 Å². The van der Waals surface area contributed by atoms with Gasteiger partial charge in [-0.15, -0.1) is 0 Å². The molecule has 2 aromatic rings. The molecule has 2 fully saturated rings. The summed E-state index contributed by atoms with van der Waals surface area (Å²) < 4.78 is 1.20. The lowest BCUT2D eigenvalue weighted by molar-refractivity contribution is -0.975. The Bertz CT molecular complexity index is 937. The van der Waals surface area contributed by atoms with E-state index < -0.39 is 0 Å². The number of nitrogens with zero attached hydrogens (tertiary/aromatic N) is 1. The molecule has 4 aliphatic rings. The average molecular weight is 346 g/mol. The molecule has 4 heterocycles. The van der Waals surface area contributed by atoms with Crippen molar-refractivity contribution in [2.75, 3.05) is 6.61 Å². The Hall–Kier alpha value is -1.64. The van der Waals surface area contributed by atoms with Crippen molar-refractivity contribution in [2.24, 2.45) is 0 Å². The molecule has 3 unspecified atom stereocenters. The zero-order valence-electron chi connectivity index (χ0n) is 15.8. The van der Waals surface area contributed by atoms with Crippen LogP contribution in [0.25, 0.3) is 0 Å². The van der Waals surface area contributed by atoms with E-state index >= 15 is 0 Å². The molecule has 2 nitrogen and oxygen atoms in total. The molecule has 0 aliphatic carbocycles. The topological polar surface area (TPSA) is 20.2 Å². The zero-order chi connectivity index (χ0) is 17.8. The first kappa shape index (κ1) is 15.4. The summed E-state index contributed by atoms with van der Waals surface area (Å²) in [5.74, 6) is 0. The quantitative estimate of drug-likeness (QED) is 0.622. The van der Waals surface area contributed by atoms with E-state index in [0.29, 0.717) is 0 Å². The van der Waals surface area contributed by atoms with Gasteiger partial charge in [-0.3, -0.25) is 4.48 Å². The first-order valence-electron chi connectivity index (χ1n) is 10.4. The molecule has 6 rings (SSSR count). The van der Waals surface area contributed by atoms with Crippen LogP contribution < -0.4 is 0 Å². The van der Waals surface area contributed by atoms with Crippen LogP contribution in [0.1, 0.15) is 68.2 Å². The minimum Gasteiger partial charge on any atom is -0.396 e. The van der Waals surface area contributed by atoms with Crippen molar-refractivity contribution in [3.05, 3.63) is 70.8 Å². The summed E-state index contributed by atoms with van der Waals surface area (Å²) in [6.07, 6.45) is 6.00. The molecule has 0 bridgehead atoms. The van der Waals surface area contributed by atoms with Crippen LogP contribution >= 0.6 is 0 Å². The van der Waals surface area contributed by atoms with Crippen molar-refractivity contribution >= 4 is 0 Å². The summed E-state index contributed by atoms with van der Waals surface area (Å²) in [5.41, 5.74) is 6.70. The summed E-state index contributed by atoms with van der Waals surface area (Å²) in [5, 5.41) is 10.0. The maximum atomic E-state index is 10.0. The van der Waals surface area contributed by atoms with E-state index in [1.54, 1.807) is 11.1 Å². The predicted octanol–water partition coefficient (Wildman–Crippen LogP) is 4.54. The lowest BCUT2D eigenvalue weighted by atomic mass is 9.76. The fraction of sp³-hybridized carbons (Fsp3) is 0.500. The second-order valence-electron chi connectivity index (χ2n) is 9.14. The van der Waals surface area contributed by atoms with Crippen LogP contribution in [0.5, 0.6) is 0 Å². The summed E-state index contributed by atoms with van der Waals surface area (Å²) >= 11 is 0. The van der Waals surface area contributed by atoms with E-state index in [0.717, 1.165) is 12.5 Å². The van der Waals surface area contributed by atoms with Crippen LogP contribution in [0.2, 0.25) is 0 Å². The standard InChI is InChI=1S/C24H28NO/c1-3-4-13-24-20-12-8-6-10-18(20)22(2)17-9-5-7-11-19(17)23(14-15-26)16-21(24)25(22,23)24/h5-12,21,26H,3-4,13-16H2,1-2H3/q+1/t21?,22?,23-,24-,25?/m0/s1. The average Bonchev–Trinajstić information content (AvgIpc) is 3.02. The van der Waals surface area contributed by atoms with Gasteiger partial charge in [-0.25, -0.2) is 0 Å². The Morgan fingerprint density at radius 3 is 2.23 bits per heavy atom. The van der Waals surface area contributed by atoms with Gasteiger partial charge in [0, 0.05) is 41.7 Å². The van der Waals surface area contributed by atoms with Crippen molar-refractivity contribution in [3.63, 3.8) is 0 Å². The monoisotopic (exact) mass is 346 g/mol. The zero-order valence-corrected chi connectivity index (χ0v) is 15.8. The number of unbranched alkanes of at least 4 members (excludes halogenated alkanes) is 1. The summed E-state index contributed by atoms with van der Waals surface area (Å²) in [6.45, 7) is 5.12. The number of rotatable bonds is 5. The predicted molar refractivity (Wildman–Crippen MR) is 103 cm³/mol. The summed E-state index contributed by atoms with van der Waals surface area (Å²) in [7, 11) is 0. The summed E-state index contributed by atoms with van der Waals surface area (Å²) in [6, 6.07) is 19.2. The third kappa shape index (κ3) is 1.12. The highest BCUT2D eigenvalue weighted by Crippen LogP contribution is 2.91. The number of fused-ring (bicyclic) bond motifs is 7. The van der Waals surface area contributed by atoms with E-state index in [1.165, 1.54) is 41.3 Å². The molecular weight excluding hydrogens is 318 g/mol. The van der Waals surface area contributed by atoms with Crippen molar-refractivity contribution in [1.82, 2.24) is 0 Å². The molecule has 2 aromatic carbocycles. The Labute approximate surface area is 156 Å². The van der Waals surface area contributed by atoms with Gasteiger partial charge in [-0.05, 0) is 13.3 Å². The van der Waals surface area contributed by atoms with Crippen molar-refractivity contribution in [2.45, 2.75) is 68.6 Å². The number of benzene rings is 2. The van der Waals surface area contributed by atoms with Gasteiger partial charge in [0.25, 0.3) is 0 Å². The number of hydrogen-bond donors (Lipinski definition) is 1. The van der Waals surface area contributed by atoms with E-state index in [4.69, 9.17) is 0 Å². The molecule has 0 radical (unpaired) electrons. The fourth-order valence-corrected chi connectivity index (χ4v) is 8.34. The first-order valence-corrected chi connectivity index (χ1v) is 10.4. The molecule has 1 N–H and O–H groups in total. The van der Waals surface area contributed by atoms with E-state index in [2.05, 4.69) is 62.4 Å². The van der Waals surface area contributed by atoms with Gasteiger partial charge in [0.15, 0.2) is 17.1 Å². The Morgan fingerprint density at radius 1 is 0.962 bits per heavy atom. The lowest BCUT2D eigenvalue weighted by Gasteiger charge is -2.50. The Kier molecular flexibility index (Phi) is 2.63. The smallest absolute Gasteiger partial charge is 0.180 e. The molecule has 2 saturated heterocycles. The number of aliphatic hydroxyl groups excluding tert-OH is 1. The van der Waals surface area contributed by atoms with Gasteiger partial charge >= 0.3 is 0 Å². The molecule has 0 saturated carbocycles. The molecule has 2 heteroatoms. The van der Waals surface area contributed by atoms with Gasteiger partial charge < -0.3 is 5.11 Å². The van der Waals surface area contributed by atoms with E-state index in [1.807, 2.05) is 0 Å². The Morgan fingerprint density at radius 2 is 1.58 bits per heavy atom. The highest BCUT2D eigenvalue weighted by Gasteiger charge is 3.03. The molecule has 0 amide bonds. The SMILES string of the molecule is CCCC[C@]12c3ccccc3C3(C)c4ccccc4[C@]4(CCO)CC1[N+]342. The van der Waals surface area contributed by atoms with Crippen LogP contribution in [-0.2, 0) is 16.6 Å². The lowest BCUT2D eigenvalue weighted by Crippen LogP contribution is -2.62. The van der Waals surface area contributed by atoms with Gasteiger partial charge in [0.05, 0.1) is 6.42 Å². The van der Waals surface area contributed by atoms with Gasteiger partial charge in [-0.2, -0.15) is 0 Å². The Balaban J connectivity index is 1.70. The van der Waals surface area contributed by atoms with Crippen molar-refractivity contribution in [3.8, 4) is 0 Å². The molecule has 0 aromatic heterocycles. The van der Waals surface area contributed by atoms with Gasteiger partial charge in [0.1, 0.15) is 5.54 Å². The molecule has 134 valence electrons. The van der Waals surface area contributed by atoms with Crippen molar-refractivity contribution < 1.29 is 9.59 Å². The maximum absolute atomic E-state index is 10.0. The van der Waals surface area contributed by atoms with Crippen LogP contribution in [0.15, 0.2) is 48.5 Å². The minimum atomic E-state index is 0.0546. The van der Waals surface area contributed by atoms with Gasteiger partial charge in [-0.1, -0.05) is 61.9 Å². The van der Waals surface area contributed by atoms with Crippen LogP contribution in [0, 0.1) is 0 Å². The molecule has 26 heavy (non-hydrogen) atoms. The van der Waals surface area contributed by atoms with Crippen LogP contribution in [0.3, 0.4) is 0 Å². The highest BCUT2D eigenvalue weighted by atomic mass is 16.3. The third-order valence-electron chi connectivity index (χ3n) is 8.80. The molecule has 4 aliphatic heterocycles. The number of hydrogen-bond acceptors (Lipinski definition) is 1. The first-order chi connectivity index (χ1) is 12.7. The summed E-state index contributed by atoms with van der Waals surface area (Å²) in [4.78, 5) is 0. The normalized spacial score (nSPS) is 42.5. The fourth-order valence-electron chi connectivity index (χ4n) is 8.34. The van der Waals surface area contributed by atoms with E-state index in [-0.39, 0.29) is 23.2 Å². The minimum absolute atomic E-state index is 0.0546. The molecular formula is C24H28NO+. The number of aliphatic hydroxyl groups is 1.